The van der Waals surface area contributed by atoms with Crippen LogP contribution in [0, 0.1) is 0 Å². The molecule has 0 rings (SSSR count). The van der Waals surface area contributed by atoms with Crippen molar-refractivity contribution in [1.29, 1.82) is 0 Å². The molecule has 0 spiro atoms. The normalized spacial score (nSPS) is 8.80. The lowest BCUT2D eigenvalue weighted by molar-refractivity contribution is 2.01. The minimum absolute atomic E-state index is 0.384. The van der Waals surface area contributed by atoms with E-state index in [-0.39, 0.29) is 0 Å². The summed E-state index contributed by atoms with van der Waals surface area (Å²) in [6, 6.07) is 0. The molecule has 0 aliphatic rings. The number of rotatable bonds is 1. The van der Waals surface area contributed by atoms with E-state index >= 15 is 0 Å². The van der Waals surface area contributed by atoms with Crippen molar-refractivity contribution >= 4 is 39.1 Å². The Morgan fingerprint density at radius 3 is 1.80 bits per heavy atom. The van der Waals surface area contributed by atoms with Crippen molar-refractivity contribution < 1.29 is 0 Å². The van der Waals surface area contributed by atoms with Crippen molar-refractivity contribution in [1.82, 2.24) is 0 Å². The van der Waals surface area contributed by atoms with Gasteiger partial charge in [-0.2, -0.15) is 0 Å². The van der Waals surface area contributed by atoms with Crippen LogP contribution < -0.4 is 0 Å². The van der Waals surface area contributed by atoms with Crippen molar-refractivity contribution in [3.05, 3.63) is 0 Å². The molecular weight excluding hydrogens is 195 g/mol. The molecule has 0 aromatic carbocycles. The number of alkyl halides is 2. The summed E-state index contributed by atoms with van der Waals surface area (Å²) in [5, 5.41) is 0. The Morgan fingerprint density at radius 2 is 1.80 bits per heavy atom. The summed E-state index contributed by atoms with van der Waals surface area (Å²) in [5.41, 5.74) is 0. The van der Waals surface area contributed by atoms with Gasteiger partial charge < -0.3 is 0 Å². The third-order valence-corrected chi connectivity index (χ3v) is 1.31. The molecule has 0 saturated carbocycles. The molecule has 0 aliphatic carbocycles. The highest BCUT2D eigenvalue weighted by molar-refractivity contribution is 9.25. The van der Waals surface area contributed by atoms with Crippen molar-refractivity contribution in [3.8, 4) is 0 Å². The summed E-state index contributed by atoms with van der Waals surface area (Å²) in [6.07, 6.45) is 0. The van der Waals surface area contributed by atoms with E-state index in [1.54, 1.807) is 0 Å². The maximum absolute atomic E-state index is 3.23. The van der Waals surface area contributed by atoms with Gasteiger partial charge in [0.05, 0.1) is 0 Å². The largest absolute Gasteiger partial charge is 0.139 e. The minimum atomic E-state index is 0.384. The van der Waals surface area contributed by atoms with E-state index in [2.05, 4.69) is 31.9 Å². The first-order valence-corrected chi connectivity index (χ1v) is 3.18. The van der Waals surface area contributed by atoms with Crippen LogP contribution in [0.5, 0.6) is 0 Å². The van der Waals surface area contributed by atoms with Crippen molar-refractivity contribution in [2.24, 2.45) is 0 Å². The summed E-state index contributed by atoms with van der Waals surface area (Å²) in [7, 11) is 2.00. The highest BCUT2D eigenvalue weighted by Gasteiger charge is 1.88. The maximum Gasteiger partial charge on any atom is 0.139 e. The molecule has 0 N–H and O–H groups in total. The van der Waals surface area contributed by atoms with Crippen molar-refractivity contribution in [2.75, 3.05) is 0 Å². The SMILES string of the molecule is C[B]C(Br)Br. The van der Waals surface area contributed by atoms with Crippen LogP contribution in [0.3, 0.4) is 0 Å². The topological polar surface area (TPSA) is 0 Å². The summed E-state index contributed by atoms with van der Waals surface area (Å²) < 4.78 is 0.384. The van der Waals surface area contributed by atoms with Gasteiger partial charge in [-0.15, -0.1) is 0 Å². The first-order chi connectivity index (χ1) is 2.27. The summed E-state index contributed by atoms with van der Waals surface area (Å²) in [4.78, 5) is 0. The van der Waals surface area contributed by atoms with E-state index < -0.39 is 0 Å². The van der Waals surface area contributed by atoms with Crippen LogP contribution in [-0.2, 0) is 0 Å². The molecule has 3 heteroatoms. The van der Waals surface area contributed by atoms with E-state index in [1.165, 1.54) is 0 Å². The van der Waals surface area contributed by atoms with Crippen LogP contribution in [0.25, 0.3) is 0 Å². The van der Waals surface area contributed by atoms with Crippen molar-refractivity contribution in [2.45, 2.75) is 10.5 Å². The Balaban J connectivity index is 2.54. The van der Waals surface area contributed by atoms with E-state index in [0.717, 1.165) is 0 Å². The van der Waals surface area contributed by atoms with Gasteiger partial charge in [0.2, 0.25) is 0 Å². The highest BCUT2D eigenvalue weighted by Crippen LogP contribution is 2.03. The highest BCUT2D eigenvalue weighted by atomic mass is 79.9. The zero-order valence-electron chi connectivity index (χ0n) is 2.91. The zero-order valence-corrected chi connectivity index (χ0v) is 6.08. The second-order valence-corrected chi connectivity index (χ2v) is 3.87. The average Bonchev–Trinajstić information content (AvgIpc) is 1.38. The molecule has 0 aromatic heterocycles. The zero-order chi connectivity index (χ0) is 4.28. The van der Waals surface area contributed by atoms with E-state index in [1.807, 2.05) is 14.1 Å². The Labute approximate surface area is 49.8 Å². The molecule has 0 unspecified atom stereocenters. The van der Waals surface area contributed by atoms with Crippen LogP contribution in [-0.4, -0.2) is 10.9 Å². The molecule has 0 saturated heterocycles. The van der Waals surface area contributed by atoms with Gasteiger partial charge in [0, 0.05) is 3.64 Å². The second-order valence-electron chi connectivity index (χ2n) is 0.668. The molecule has 1 radical (unpaired) electrons. The summed E-state index contributed by atoms with van der Waals surface area (Å²) in [5.74, 6) is 0. The lowest BCUT2D eigenvalue weighted by Crippen LogP contribution is -1.89. The van der Waals surface area contributed by atoms with Crippen LogP contribution in [0.4, 0.5) is 0 Å². The van der Waals surface area contributed by atoms with Gasteiger partial charge >= 0.3 is 0 Å². The molecule has 0 heterocycles. The Kier molecular flexibility index (Phi) is 3.88. The van der Waals surface area contributed by atoms with E-state index in [4.69, 9.17) is 0 Å². The number of hydrogen-bond acceptors (Lipinski definition) is 0. The van der Waals surface area contributed by atoms with Gasteiger partial charge in [-0.05, 0) is 0 Å². The molecule has 0 bridgehead atoms. The Hall–Kier alpha value is 1.02. The van der Waals surface area contributed by atoms with E-state index in [0.29, 0.717) is 3.64 Å². The van der Waals surface area contributed by atoms with Gasteiger partial charge in [-0.25, -0.2) is 0 Å². The van der Waals surface area contributed by atoms with Crippen molar-refractivity contribution in [3.63, 3.8) is 0 Å². The second kappa shape index (κ2) is 3.22. The number of halogens is 2. The van der Waals surface area contributed by atoms with Gasteiger partial charge in [0.25, 0.3) is 0 Å². The van der Waals surface area contributed by atoms with Gasteiger partial charge in [0.15, 0.2) is 0 Å². The molecular formula is C2H4BBr2. The lowest BCUT2D eigenvalue weighted by Gasteiger charge is -1.83. The van der Waals surface area contributed by atoms with Gasteiger partial charge in [0.1, 0.15) is 7.28 Å². The molecule has 0 aliphatic heterocycles. The fraction of sp³-hybridized carbons (Fsp3) is 1.00. The Bertz CT molecular complexity index is 21.6. The van der Waals surface area contributed by atoms with E-state index in [9.17, 15) is 0 Å². The molecule has 0 fully saturated rings. The molecule has 0 aromatic rings. The Morgan fingerprint density at radius 1 is 1.60 bits per heavy atom. The maximum atomic E-state index is 3.23. The molecule has 5 heavy (non-hydrogen) atoms. The van der Waals surface area contributed by atoms with Crippen LogP contribution in [0.1, 0.15) is 0 Å². The van der Waals surface area contributed by atoms with Crippen LogP contribution in [0.15, 0.2) is 0 Å². The first-order valence-electron chi connectivity index (χ1n) is 1.35. The monoisotopic (exact) mass is 197 g/mol. The predicted molar refractivity (Wildman–Crippen MR) is 33.3 cm³/mol. The molecule has 0 nitrogen and oxygen atoms in total. The quantitative estimate of drug-likeness (QED) is 0.446. The first kappa shape index (κ1) is 6.02. The third kappa shape index (κ3) is 5.02. The number of hydrogen-bond donors (Lipinski definition) is 0. The molecule has 0 atom stereocenters. The van der Waals surface area contributed by atoms with Gasteiger partial charge in [-0.1, -0.05) is 38.7 Å². The third-order valence-electron chi connectivity index (χ3n) is 0.252. The van der Waals surface area contributed by atoms with Crippen LogP contribution >= 0.6 is 31.9 Å². The molecule has 0 amide bonds. The fourth-order valence-electron chi connectivity index (χ4n) is 0. The predicted octanol–water partition coefficient (Wildman–Crippen LogP) is 1.81. The van der Waals surface area contributed by atoms with Gasteiger partial charge in [-0.3, -0.25) is 0 Å². The summed E-state index contributed by atoms with van der Waals surface area (Å²) in [6.45, 7) is 1.98. The lowest BCUT2D eigenvalue weighted by atomic mass is 9.87. The summed E-state index contributed by atoms with van der Waals surface area (Å²) >= 11 is 6.47. The van der Waals surface area contributed by atoms with Crippen LogP contribution in [0.2, 0.25) is 6.82 Å². The minimum Gasteiger partial charge on any atom is -0.0900 e. The molecule has 29 valence electrons. The fourth-order valence-corrected chi connectivity index (χ4v) is 0. The standard InChI is InChI=1S/C2H4BBr2/c1-3-2(4)5/h2H,1H3. The smallest absolute Gasteiger partial charge is 0.0900 e. The average molecular weight is 199 g/mol.